The highest BCUT2D eigenvalue weighted by Gasteiger charge is 2.29. The molecule has 0 bridgehead atoms. The summed E-state index contributed by atoms with van der Waals surface area (Å²) in [7, 11) is 0. The van der Waals surface area contributed by atoms with Gasteiger partial charge in [-0.15, -0.1) is 11.3 Å². The predicted octanol–water partition coefficient (Wildman–Crippen LogP) is 4.97. The molecule has 0 aliphatic rings. The molecule has 0 aliphatic carbocycles. The second-order valence-electron chi connectivity index (χ2n) is 4.92. The number of anilines is 1. The molecular weight excluding hydrogens is 337 g/mol. The molecule has 0 spiro atoms. The largest absolute Gasteiger partial charge is 0.416 e. The lowest BCUT2D eigenvalue weighted by Gasteiger charge is -2.07. The second kappa shape index (κ2) is 6.45. The van der Waals surface area contributed by atoms with Gasteiger partial charge in [-0.05, 0) is 42.5 Å². The normalized spacial score (nSPS) is 12.0. The Morgan fingerprint density at radius 3 is 2.46 bits per heavy atom. The minimum atomic E-state index is -4.39. The molecule has 24 heavy (non-hydrogen) atoms. The summed E-state index contributed by atoms with van der Waals surface area (Å²) in [6, 6.07) is 11.9. The highest BCUT2D eigenvalue weighted by molar-refractivity contribution is 7.19. The fraction of sp³-hybridized carbons (Fsp3) is 0.0588. The highest BCUT2D eigenvalue weighted by Crippen LogP contribution is 2.29. The van der Waals surface area contributed by atoms with E-state index in [1.54, 1.807) is 6.08 Å². The maximum atomic E-state index is 12.5. The van der Waals surface area contributed by atoms with Crippen molar-refractivity contribution in [1.82, 2.24) is 4.98 Å². The Morgan fingerprint density at radius 1 is 1.08 bits per heavy atom. The van der Waals surface area contributed by atoms with Gasteiger partial charge in [-0.25, -0.2) is 4.98 Å². The van der Waals surface area contributed by atoms with E-state index in [9.17, 15) is 18.0 Å². The summed E-state index contributed by atoms with van der Waals surface area (Å²) in [5, 5.41) is 3.19. The third-order valence-corrected chi connectivity index (χ3v) is 4.17. The quantitative estimate of drug-likeness (QED) is 0.679. The highest BCUT2D eigenvalue weighted by atomic mass is 32.1. The van der Waals surface area contributed by atoms with E-state index in [-0.39, 0.29) is 0 Å². The molecule has 0 atom stereocenters. The number of hydrogen-bond donors (Lipinski definition) is 1. The number of carbonyl (C=O) groups excluding carboxylic acids is 1. The molecule has 2 aromatic carbocycles. The van der Waals surface area contributed by atoms with E-state index < -0.39 is 17.6 Å². The van der Waals surface area contributed by atoms with E-state index in [2.05, 4.69) is 10.3 Å². The molecule has 3 aromatic rings. The molecule has 0 aliphatic heterocycles. The van der Waals surface area contributed by atoms with Gasteiger partial charge in [0.25, 0.3) is 0 Å². The van der Waals surface area contributed by atoms with Gasteiger partial charge in [0.05, 0.1) is 15.8 Å². The molecule has 0 fully saturated rings. The average molecular weight is 348 g/mol. The summed E-state index contributed by atoms with van der Waals surface area (Å²) in [5.41, 5.74) is 0.387. The van der Waals surface area contributed by atoms with Crippen LogP contribution in [0.4, 0.5) is 18.9 Å². The first-order valence-electron chi connectivity index (χ1n) is 6.94. The Balaban J connectivity index is 1.66. The molecule has 122 valence electrons. The Morgan fingerprint density at radius 2 is 1.79 bits per heavy atom. The van der Waals surface area contributed by atoms with Gasteiger partial charge in [-0.2, -0.15) is 13.2 Å². The first-order chi connectivity index (χ1) is 11.4. The lowest BCUT2D eigenvalue weighted by Crippen LogP contribution is -2.09. The number of benzene rings is 2. The van der Waals surface area contributed by atoms with Gasteiger partial charge >= 0.3 is 6.18 Å². The zero-order valence-electron chi connectivity index (χ0n) is 12.2. The zero-order valence-corrected chi connectivity index (χ0v) is 13.0. The third-order valence-electron chi connectivity index (χ3n) is 3.17. The smallest absolute Gasteiger partial charge is 0.323 e. The van der Waals surface area contributed by atoms with Gasteiger partial charge in [0.1, 0.15) is 5.01 Å². The summed E-state index contributed by atoms with van der Waals surface area (Å²) in [4.78, 5) is 16.2. The number of rotatable bonds is 3. The summed E-state index contributed by atoms with van der Waals surface area (Å²) in [5.74, 6) is -0.436. The third kappa shape index (κ3) is 3.80. The number of nitrogens with one attached hydrogen (secondary N) is 1. The van der Waals surface area contributed by atoms with Crippen LogP contribution < -0.4 is 5.32 Å². The van der Waals surface area contributed by atoms with Crippen molar-refractivity contribution in [2.45, 2.75) is 6.18 Å². The fourth-order valence-corrected chi connectivity index (χ4v) is 2.91. The summed E-state index contributed by atoms with van der Waals surface area (Å²) in [6.45, 7) is 0. The molecule has 1 heterocycles. The van der Waals surface area contributed by atoms with Crippen molar-refractivity contribution in [3.8, 4) is 0 Å². The predicted molar refractivity (Wildman–Crippen MR) is 88.7 cm³/mol. The SMILES string of the molecule is O=C(/C=C/c1nc2ccccc2s1)Nc1ccc(C(F)(F)F)cc1. The van der Waals surface area contributed by atoms with Gasteiger partial charge in [0.2, 0.25) is 5.91 Å². The minimum absolute atomic E-state index is 0.293. The number of halogens is 3. The molecule has 3 rings (SSSR count). The number of aromatic nitrogens is 1. The number of para-hydroxylation sites is 1. The van der Waals surface area contributed by atoms with Crippen LogP contribution in [0.3, 0.4) is 0 Å². The van der Waals surface area contributed by atoms with E-state index in [0.29, 0.717) is 10.7 Å². The van der Waals surface area contributed by atoms with Crippen LogP contribution >= 0.6 is 11.3 Å². The van der Waals surface area contributed by atoms with E-state index in [1.807, 2.05) is 24.3 Å². The van der Waals surface area contributed by atoms with Crippen LogP contribution in [0.25, 0.3) is 16.3 Å². The fourth-order valence-electron chi connectivity index (χ4n) is 2.03. The van der Waals surface area contributed by atoms with Gasteiger partial charge < -0.3 is 5.32 Å². The van der Waals surface area contributed by atoms with Gasteiger partial charge in [-0.3, -0.25) is 4.79 Å². The number of thiazole rings is 1. The second-order valence-corrected chi connectivity index (χ2v) is 5.98. The number of fused-ring (bicyclic) bond motifs is 1. The van der Waals surface area contributed by atoms with Crippen LogP contribution in [0.5, 0.6) is 0 Å². The number of amides is 1. The number of nitrogens with zero attached hydrogens (tertiary/aromatic N) is 1. The molecule has 1 amide bonds. The summed E-state index contributed by atoms with van der Waals surface area (Å²) < 4.78 is 38.4. The van der Waals surface area contributed by atoms with E-state index in [4.69, 9.17) is 0 Å². The Bertz CT molecular complexity index is 865. The van der Waals surface area contributed by atoms with Gasteiger partial charge in [-0.1, -0.05) is 12.1 Å². The van der Waals surface area contributed by atoms with Crippen LogP contribution in [-0.2, 0) is 11.0 Å². The Labute approximate surface area is 139 Å². The first kappa shape index (κ1) is 16.2. The van der Waals surface area contributed by atoms with Crippen molar-refractivity contribution in [2.24, 2.45) is 0 Å². The van der Waals surface area contributed by atoms with Crippen LogP contribution in [0.15, 0.2) is 54.6 Å². The Hall–Kier alpha value is -2.67. The average Bonchev–Trinajstić information content (AvgIpc) is 2.95. The molecule has 7 heteroatoms. The maximum absolute atomic E-state index is 12.5. The molecule has 0 saturated carbocycles. The molecule has 1 aromatic heterocycles. The molecule has 0 saturated heterocycles. The standard InChI is InChI=1S/C17H11F3N2OS/c18-17(19,20)11-5-7-12(8-6-11)21-15(23)9-10-16-22-13-3-1-2-4-14(13)24-16/h1-10H,(H,21,23)/b10-9+. The van der Waals surface area contributed by atoms with E-state index >= 15 is 0 Å². The number of carbonyl (C=O) groups is 1. The lowest BCUT2D eigenvalue weighted by molar-refractivity contribution is -0.137. The van der Waals surface area contributed by atoms with Gasteiger partial charge in [0, 0.05) is 11.8 Å². The van der Waals surface area contributed by atoms with Crippen LogP contribution in [-0.4, -0.2) is 10.9 Å². The van der Waals surface area contributed by atoms with Crippen LogP contribution in [0.1, 0.15) is 10.6 Å². The monoisotopic (exact) mass is 348 g/mol. The van der Waals surface area contributed by atoms with Crippen molar-refractivity contribution in [3.63, 3.8) is 0 Å². The minimum Gasteiger partial charge on any atom is -0.323 e. The first-order valence-corrected chi connectivity index (χ1v) is 7.75. The van der Waals surface area contributed by atoms with Gasteiger partial charge in [0.15, 0.2) is 0 Å². The molecule has 1 N–H and O–H groups in total. The van der Waals surface area contributed by atoms with Crippen LogP contribution in [0.2, 0.25) is 0 Å². The number of alkyl halides is 3. The Kier molecular flexibility index (Phi) is 4.35. The summed E-state index contributed by atoms with van der Waals surface area (Å²) >= 11 is 1.45. The van der Waals surface area contributed by atoms with Crippen molar-refractivity contribution in [3.05, 3.63) is 65.2 Å². The molecule has 0 unspecified atom stereocenters. The van der Waals surface area contributed by atoms with E-state index in [0.717, 1.165) is 22.3 Å². The molecule has 0 radical (unpaired) electrons. The number of hydrogen-bond acceptors (Lipinski definition) is 3. The van der Waals surface area contributed by atoms with Crippen LogP contribution in [0, 0.1) is 0 Å². The lowest BCUT2D eigenvalue weighted by atomic mass is 10.2. The van der Waals surface area contributed by atoms with Crippen molar-refractivity contribution < 1.29 is 18.0 Å². The zero-order chi connectivity index (χ0) is 17.2. The van der Waals surface area contributed by atoms with E-state index in [1.165, 1.54) is 29.5 Å². The van der Waals surface area contributed by atoms with Crippen molar-refractivity contribution in [2.75, 3.05) is 5.32 Å². The molecular formula is C17H11F3N2OS. The topological polar surface area (TPSA) is 42.0 Å². The van der Waals surface area contributed by atoms with Crippen molar-refractivity contribution in [1.29, 1.82) is 0 Å². The molecule has 3 nitrogen and oxygen atoms in total. The van der Waals surface area contributed by atoms with Crippen molar-refractivity contribution >= 4 is 39.2 Å². The maximum Gasteiger partial charge on any atom is 0.416 e. The summed E-state index contributed by atoms with van der Waals surface area (Å²) in [6.07, 6.45) is -1.52.